The van der Waals surface area contributed by atoms with Crippen molar-refractivity contribution >= 4 is 29.3 Å². The van der Waals surface area contributed by atoms with Crippen LogP contribution in [0.3, 0.4) is 0 Å². The Morgan fingerprint density at radius 3 is 1.97 bits per heavy atom. The molecule has 210 valence electrons. The number of hydrogen-bond donors (Lipinski definition) is 8. The van der Waals surface area contributed by atoms with Crippen LogP contribution in [0.4, 0.5) is 0 Å². The first-order valence-corrected chi connectivity index (χ1v) is 12.0. The third-order valence-electron chi connectivity index (χ3n) is 6.72. The summed E-state index contributed by atoms with van der Waals surface area (Å²) in [6, 6.07) is 12.2. The van der Waals surface area contributed by atoms with Crippen LogP contribution in [0.5, 0.6) is 5.75 Å². The fraction of sp³-hybridized carbons (Fsp3) is 0.346. The number of carbonyl (C=O) groups is 4. The van der Waals surface area contributed by atoms with Gasteiger partial charge in [0.15, 0.2) is 23.3 Å². The molecular weight excluding hydrogens is 506 g/mol. The molecule has 0 fully saturated rings. The second-order valence-electron chi connectivity index (χ2n) is 9.20. The lowest BCUT2D eigenvalue weighted by Crippen LogP contribution is -2.75. The summed E-state index contributed by atoms with van der Waals surface area (Å²) in [6.07, 6.45) is -0.742. The van der Waals surface area contributed by atoms with Gasteiger partial charge in [0, 0.05) is 6.42 Å². The molecule has 0 aromatic heterocycles. The highest BCUT2D eigenvalue weighted by atomic mass is 16.4. The van der Waals surface area contributed by atoms with Crippen molar-refractivity contribution in [3.8, 4) is 5.75 Å². The lowest BCUT2D eigenvalue weighted by Gasteiger charge is -2.48. The molecule has 0 aliphatic heterocycles. The number of rotatable bonds is 15. The van der Waals surface area contributed by atoms with Gasteiger partial charge in [0.1, 0.15) is 16.7 Å². The van der Waals surface area contributed by atoms with Crippen LogP contribution in [0.15, 0.2) is 59.6 Å². The quantitative estimate of drug-likeness (QED) is 0.0676. The van der Waals surface area contributed by atoms with Gasteiger partial charge in [-0.1, -0.05) is 42.5 Å². The summed E-state index contributed by atoms with van der Waals surface area (Å²) in [6.45, 7) is -2.22. The maximum Gasteiger partial charge on any atom is 0.325 e. The molecule has 13 heteroatoms. The number of guanidine groups is 1. The van der Waals surface area contributed by atoms with E-state index in [-0.39, 0.29) is 12.2 Å². The van der Waals surface area contributed by atoms with E-state index in [1.165, 1.54) is 24.3 Å². The van der Waals surface area contributed by atoms with Crippen molar-refractivity contribution in [3.05, 3.63) is 65.7 Å². The first-order chi connectivity index (χ1) is 18.3. The molecule has 4 atom stereocenters. The number of aliphatic imine (C=N–C) groups is 1. The lowest BCUT2D eigenvalue weighted by molar-refractivity contribution is -0.167. The maximum atomic E-state index is 14.4. The summed E-state index contributed by atoms with van der Waals surface area (Å²) in [5.74, 6) is -7.25. The molecule has 0 amide bonds. The van der Waals surface area contributed by atoms with Crippen molar-refractivity contribution in [1.82, 2.24) is 0 Å². The fourth-order valence-corrected chi connectivity index (χ4v) is 4.84. The predicted molar refractivity (Wildman–Crippen MR) is 144 cm³/mol. The van der Waals surface area contributed by atoms with Gasteiger partial charge in [-0.15, -0.1) is 0 Å². The van der Waals surface area contributed by atoms with Crippen molar-refractivity contribution in [2.24, 2.45) is 50.7 Å². The first kappa shape index (κ1) is 31.1. The molecule has 2 aromatic rings. The number of carbonyl (C=O) groups excluding carboxylic acids is 3. The highest BCUT2D eigenvalue weighted by Crippen LogP contribution is 2.44. The zero-order valence-electron chi connectivity index (χ0n) is 21.3. The van der Waals surface area contributed by atoms with Crippen LogP contribution in [0.2, 0.25) is 0 Å². The van der Waals surface area contributed by atoms with Crippen LogP contribution in [0, 0.1) is 11.3 Å². The number of carboxylic acids is 1. The number of aliphatic carboxylic acids is 1. The van der Waals surface area contributed by atoms with Crippen LogP contribution in [-0.2, 0) is 32.0 Å². The number of nitrogens with zero attached hydrogens (tertiary/aromatic N) is 1. The summed E-state index contributed by atoms with van der Waals surface area (Å²) in [7, 11) is 0. The van der Waals surface area contributed by atoms with Crippen molar-refractivity contribution in [1.29, 1.82) is 0 Å². The van der Waals surface area contributed by atoms with Crippen LogP contribution >= 0.6 is 0 Å². The molecule has 0 radical (unpaired) electrons. The Morgan fingerprint density at radius 1 is 0.897 bits per heavy atom. The SMILES string of the molecule is NCC(=O)C(CN=C(N)N)C(C(=O)CN)(C(=O)C(N)Cc1ccc(O)cc1)C(N)(Cc1ccccc1)C(=O)O. The average Bonchev–Trinajstić information content (AvgIpc) is 2.91. The van der Waals surface area contributed by atoms with E-state index in [1.54, 1.807) is 30.3 Å². The molecule has 0 heterocycles. The van der Waals surface area contributed by atoms with E-state index >= 15 is 0 Å². The Hall–Kier alpha value is -4.17. The molecule has 2 rings (SSSR count). The van der Waals surface area contributed by atoms with E-state index in [2.05, 4.69) is 4.99 Å². The van der Waals surface area contributed by atoms with E-state index in [0.29, 0.717) is 11.1 Å². The number of aromatic hydroxyl groups is 1. The molecule has 14 N–H and O–H groups in total. The van der Waals surface area contributed by atoms with Crippen LogP contribution in [0.25, 0.3) is 0 Å². The van der Waals surface area contributed by atoms with Crippen molar-refractivity contribution in [3.63, 3.8) is 0 Å². The van der Waals surface area contributed by atoms with E-state index in [0.717, 1.165) is 0 Å². The number of carboxylic acid groups (broad SMARTS) is 1. The average molecular weight is 542 g/mol. The van der Waals surface area contributed by atoms with E-state index < -0.39 is 78.2 Å². The predicted octanol–water partition coefficient (Wildman–Crippen LogP) is -2.21. The number of ketones is 3. The van der Waals surface area contributed by atoms with E-state index in [1.807, 2.05) is 0 Å². The minimum atomic E-state index is -2.82. The third-order valence-corrected chi connectivity index (χ3v) is 6.72. The summed E-state index contributed by atoms with van der Waals surface area (Å²) in [4.78, 5) is 58.4. The van der Waals surface area contributed by atoms with Gasteiger partial charge >= 0.3 is 5.97 Å². The Balaban J connectivity index is 2.91. The maximum absolute atomic E-state index is 14.4. The van der Waals surface area contributed by atoms with Crippen molar-refractivity contribution in [2.45, 2.75) is 24.4 Å². The van der Waals surface area contributed by atoms with Gasteiger partial charge in [0.25, 0.3) is 0 Å². The normalized spacial score (nSPS) is 15.7. The molecular formula is C26H35N7O6. The summed E-state index contributed by atoms with van der Waals surface area (Å²) in [5.41, 5.74) is 30.5. The number of benzene rings is 2. The van der Waals surface area contributed by atoms with Gasteiger partial charge < -0.3 is 44.6 Å². The number of hydrogen-bond acceptors (Lipinski definition) is 10. The summed E-state index contributed by atoms with van der Waals surface area (Å²) >= 11 is 0. The molecule has 0 saturated heterocycles. The fourth-order valence-electron chi connectivity index (χ4n) is 4.84. The van der Waals surface area contributed by atoms with E-state index in [4.69, 9.17) is 34.4 Å². The highest BCUT2D eigenvalue weighted by Gasteiger charge is 2.68. The molecule has 2 aromatic carbocycles. The Labute approximate surface area is 225 Å². The molecule has 0 bridgehead atoms. The first-order valence-electron chi connectivity index (χ1n) is 12.0. The number of phenols is 1. The van der Waals surface area contributed by atoms with Crippen molar-refractivity contribution < 1.29 is 29.4 Å². The van der Waals surface area contributed by atoms with Gasteiger partial charge in [-0.2, -0.15) is 0 Å². The van der Waals surface area contributed by atoms with Gasteiger partial charge in [0.05, 0.1) is 31.6 Å². The second kappa shape index (κ2) is 13.1. The molecule has 0 saturated carbocycles. The molecule has 39 heavy (non-hydrogen) atoms. The van der Waals surface area contributed by atoms with Gasteiger partial charge in [-0.25, -0.2) is 0 Å². The molecule has 13 nitrogen and oxygen atoms in total. The van der Waals surface area contributed by atoms with Gasteiger partial charge in [0.2, 0.25) is 0 Å². The van der Waals surface area contributed by atoms with E-state index in [9.17, 15) is 29.4 Å². The van der Waals surface area contributed by atoms with Crippen LogP contribution < -0.4 is 34.4 Å². The summed E-state index contributed by atoms with van der Waals surface area (Å²) in [5, 5.41) is 20.1. The minimum absolute atomic E-state index is 0.0353. The minimum Gasteiger partial charge on any atom is -0.508 e. The van der Waals surface area contributed by atoms with Crippen molar-refractivity contribution in [2.75, 3.05) is 19.6 Å². The zero-order chi connectivity index (χ0) is 29.4. The topological polar surface area (TPSA) is 277 Å². The highest BCUT2D eigenvalue weighted by molar-refractivity contribution is 6.18. The Bertz CT molecular complexity index is 1220. The molecule has 4 unspecified atom stereocenters. The zero-order valence-corrected chi connectivity index (χ0v) is 21.3. The van der Waals surface area contributed by atoms with Gasteiger partial charge in [-0.05, 0) is 29.7 Å². The Kier molecular flexibility index (Phi) is 10.4. The molecule has 0 aliphatic rings. The van der Waals surface area contributed by atoms with Crippen LogP contribution in [-0.4, -0.2) is 70.7 Å². The second-order valence-corrected chi connectivity index (χ2v) is 9.20. The van der Waals surface area contributed by atoms with Crippen LogP contribution in [0.1, 0.15) is 11.1 Å². The summed E-state index contributed by atoms with van der Waals surface area (Å²) < 4.78 is 0. The lowest BCUT2D eigenvalue weighted by atomic mass is 9.53. The molecule has 0 spiro atoms. The number of nitrogens with two attached hydrogens (primary N) is 6. The number of phenolic OH excluding ortho intramolecular Hbond substituents is 1. The largest absolute Gasteiger partial charge is 0.508 e. The molecule has 0 aliphatic carbocycles. The standard InChI is InChI=1S/C26H35N7O6/c27-12-20(35)18(14-33-24(30)31)26(21(36)13-28,22(37)19(29)10-15-6-8-17(34)9-7-15)25(32,23(38)39)11-16-4-2-1-3-5-16/h1-9,18-19,34H,10-14,27-29,32H2,(H,38,39)(H4,30,31,33). The third kappa shape index (κ3) is 6.46. The monoisotopic (exact) mass is 541 g/mol. The Morgan fingerprint density at radius 2 is 1.49 bits per heavy atom. The van der Waals surface area contributed by atoms with Gasteiger partial charge in [-0.3, -0.25) is 24.2 Å². The smallest absolute Gasteiger partial charge is 0.325 e. The number of Topliss-reactive ketones (excluding diaryl/α,β-unsaturated/α-hetero) is 3.